The SMILES string of the molecule is Cc1ccc(NCC(=O)N2CCN(c3ccc(F)cc3)CC2)cc1-n1nnnc1C. The Morgan fingerprint density at radius 2 is 1.80 bits per heavy atom. The number of nitrogens with one attached hydrogen (secondary N) is 1. The maximum atomic E-state index is 13.1. The summed E-state index contributed by atoms with van der Waals surface area (Å²) in [4.78, 5) is 16.7. The molecule has 3 aromatic rings. The summed E-state index contributed by atoms with van der Waals surface area (Å²) in [5.41, 5.74) is 3.73. The van der Waals surface area contributed by atoms with E-state index >= 15 is 0 Å². The molecule has 156 valence electrons. The number of aryl methyl sites for hydroxylation is 2. The summed E-state index contributed by atoms with van der Waals surface area (Å²) in [5, 5.41) is 14.9. The lowest BCUT2D eigenvalue weighted by atomic mass is 10.1. The quantitative estimate of drug-likeness (QED) is 0.696. The van der Waals surface area contributed by atoms with Crippen molar-refractivity contribution in [3.8, 4) is 5.69 Å². The van der Waals surface area contributed by atoms with Crippen molar-refractivity contribution in [2.45, 2.75) is 13.8 Å². The highest BCUT2D eigenvalue weighted by Gasteiger charge is 2.21. The van der Waals surface area contributed by atoms with Gasteiger partial charge in [0.15, 0.2) is 5.82 Å². The van der Waals surface area contributed by atoms with Gasteiger partial charge < -0.3 is 15.1 Å². The second-order valence-electron chi connectivity index (χ2n) is 7.34. The van der Waals surface area contributed by atoms with E-state index in [-0.39, 0.29) is 18.3 Å². The highest BCUT2D eigenvalue weighted by Crippen LogP contribution is 2.20. The number of amides is 1. The Labute approximate surface area is 174 Å². The molecule has 0 radical (unpaired) electrons. The van der Waals surface area contributed by atoms with E-state index in [1.54, 1.807) is 16.8 Å². The van der Waals surface area contributed by atoms with Crippen LogP contribution in [-0.4, -0.2) is 63.7 Å². The lowest BCUT2D eigenvalue weighted by Crippen LogP contribution is -2.50. The molecule has 8 nitrogen and oxygen atoms in total. The summed E-state index contributed by atoms with van der Waals surface area (Å²) in [6, 6.07) is 12.3. The molecular formula is C21H24FN7O. The molecule has 1 aliphatic rings. The van der Waals surface area contributed by atoms with Gasteiger partial charge in [-0.1, -0.05) is 6.07 Å². The second-order valence-corrected chi connectivity index (χ2v) is 7.34. The largest absolute Gasteiger partial charge is 0.376 e. The van der Waals surface area contributed by atoms with E-state index in [1.807, 2.05) is 36.9 Å². The Morgan fingerprint density at radius 3 is 2.47 bits per heavy atom. The average Bonchev–Trinajstić information content (AvgIpc) is 3.19. The monoisotopic (exact) mass is 409 g/mol. The van der Waals surface area contributed by atoms with Crippen LogP contribution in [0.25, 0.3) is 5.69 Å². The highest BCUT2D eigenvalue weighted by molar-refractivity contribution is 5.81. The van der Waals surface area contributed by atoms with Gasteiger partial charge in [0, 0.05) is 37.6 Å². The van der Waals surface area contributed by atoms with E-state index in [2.05, 4.69) is 25.7 Å². The molecule has 0 atom stereocenters. The van der Waals surface area contributed by atoms with Crippen LogP contribution in [0.4, 0.5) is 15.8 Å². The number of halogens is 1. The molecule has 0 saturated carbocycles. The zero-order valence-electron chi connectivity index (χ0n) is 17.0. The molecule has 1 aliphatic heterocycles. The van der Waals surface area contributed by atoms with Gasteiger partial charge in [0.1, 0.15) is 5.82 Å². The highest BCUT2D eigenvalue weighted by atomic mass is 19.1. The topological polar surface area (TPSA) is 79.2 Å². The number of aromatic nitrogens is 4. The Balaban J connectivity index is 1.33. The Morgan fingerprint density at radius 1 is 1.07 bits per heavy atom. The number of carbonyl (C=O) groups is 1. The minimum Gasteiger partial charge on any atom is -0.376 e. The molecule has 1 N–H and O–H groups in total. The molecule has 1 saturated heterocycles. The standard InChI is InChI=1S/C21H24FN7O/c1-15-3-6-18(13-20(15)29-16(2)24-25-26-29)23-14-21(30)28-11-9-27(10-12-28)19-7-4-17(22)5-8-19/h3-8,13,23H,9-12,14H2,1-2H3. The van der Waals surface area contributed by atoms with Crippen molar-refractivity contribution in [2.75, 3.05) is 42.9 Å². The molecule has 1 fully saturated rings. The summed E-state index contributed by atoms with van der Waals surface area (Å²) < 4.78 is 14.8. The molecule has 2 heterocycles. The molecule has 30 heavy (non-hydrogen) atoms. The number of benzene rings is 2. The molecule has 4 rings (SSSR count). The molecule has 0 bridgehead atoms. The van der Waals surface area contributed by atoms with Gasteiger partial charge in [-0.05, 0) is 66.2 Å². The van der Waals surface area contributed by atoms with Crippen LogP contribution in [0, 0.1) is 19.7 Å². The van der Waals surface area contributed by atoms with Gasteiger partial charge in [0.25, 0.3) is 0 Å². The normalized spacial score (nSPS) is 14.1. The fourth-order valence-electron chi connectivity index (χ4n) is 3.56. The minimum absolute atomic E-state index is 0.0504. The fraction of sp³-hybridized carbons (Fsp3) is 0.333. The molecule has 2 aromatic carbocycles. The maximum absolute atomic E-state index is 13.1. The summed E-state index contributed by atoms with van der Waals surface area (Å²) in [7, 11) is 0. The first-order chi connectivity index (χ1) is 14.5. The zero-order valence-corrected chi connectivity index (χ0v) is 17.0. The van der Waals surface area contributed by atoms with Gasteiger partial charge >= 0.3 is 0 Å². The van der Waals surface area contributed by atoms with Gasteiger partial charge in [-0.15, -0.1) is 5.10 Å². The number of piperazine rings is 1. The Bertz CT molecular complexity index is 1030. The lowest BCUT2D eigenvalue weighted by Gasteiger charge is -2.36. The first-order valence-corrected chi connectivity index (χ1v) is 9.89. The minimum atomic E-state index is -0.242. The van der Waals surface area contributed by atoms with Crippen LogP contribution in [-0.2, 0) is 4.79 Å². The zero-order chi connectivity index (χ0) is 21.1. The number of tetrazole rings is 1. The van der Waals surface area contributed by atoms with Gasteiger partial charge in [0.05, 0.1) is 12.2 Å². The number of hydrogen-bond acceptors (Lipinski definition) is 6. The predicted octanol–water partition coefficient (Wildman–Crippen LogP) is 2.18. The lowest BCUT2D eigenvalue weighted by molar-refractivity contribution is -0.129. The van der Waals surface area contributed by atoms with Crippen LogP contribution in [0.2, 0.25) is 0 Å². The van der Waals surface area contributed by atoms with Crippen molar-refractivity contribution in [3.63, 3.8) is 0 Å². The predicted molar refractivity (Wildman–Crippen MR) is 112 cm³/mol. The first kappa shape index (κ1) is 19.8. The maximum Gasteiger partial charge on any atom is 0.241 e. The average molecular weight is 409 g/mol. The number of nitrogens with zero attached hydrogens (tertiary/aromatic N) is 6. The van der Waals surface area contributed by atoms with Gasteiger partial charge in [-0.2, -0.15) is 4.68 Å². The van der Waals surface area contributed by atoms with E-state index in [1.165, 1.54) is 12.1 Å². The smallest absolute Gasteiger partial charge is 0.241 e. The van der Waals surface area contributed by atoms with Gasteiger partial charge in [-0.3, -0.25) is 4.79 Å². The third kappa shape index (κ3) is 4.24. The first-order valence-electron chi connectivity index (χ1n) is 9.89. The second kappa shape index (κ2) is 8.48. The van der Waals surface area contributed by atoms with Gasteiger partial charge in [0.2, 0.25) is 5.91 Å². The van der Waals surface area contributed by atoms with E-state index in [9.17, 15) is 9.18 Å². The van der Waals surface area contributed by atoms with Crippen molar-refractivity contribution in [1.82, 2.24) is 25.1 Å². The van der Waals surface area contributed by atoms with Crippen LogP contribution < -0.4 is 10.2 Å². The fourth-order valence-corrected chi connectivity index (χ4v) is 3.56. The molecular weight excluding hydrogens is 385 g/mol. The molecule has 0 aliphatic carbocycles. The molecule has 1 amide bonds. The van der Waals surface area contributed by atoms with E-state index in [0.717, 1.165) is 35.7 Å². The van der Waals surface area contributed by atoms with Crippen molar-refractivity contribution >= 4 is 17.3 Å². The molecule has 9 heteroatoms. The number of hydrogen-bond donors (Lipinski definition) is 1. The van der Waals surface area contributed by atoms with Crippen LogP contribution in [0.3, 0.4) is 0 Å². The number of anilines is 2. The summed E-state index contributed by atoms with van der Waals surface area (Å²) in [6.45, 7) is 6.78. The van der Waals surface area contributed by atoms with Gasteiger partial charge in [-0.25, -0.2) is 4.39 Å². The van der Waals surface area contributed by atoms with Crippen LogP contribution in [0.15, 0.2) is 42.5 Å². The molecule has 1 aromatic heterocycles. The van der Waals surface area contributed by atoms with E-state index in [4.69, 9.17) is 0 Å². The van der Waals surface area contributed by atoms with E-state index < -0.39 is 0 Å². The summed E-state index contributed by atoms with van der Waals surface area (Å²) >= 11 is 0. The third-order valence-electron chi connectivity index (χ3n) is 5.33. The Hall–Kier alpha value is -3.49. The van der Waals surface area contributed by atoms with Crippen molar-refractivity contribution in [1.29, 1.82) is 0 Å². The molecule has 0 unspecified atom stereocenters. The summed E-state index contributed by atoms with van der Waals surface area (Å²) in [5.74, 6) is 0.507. The third-order valence-corrected chi connectivity index (χ3v) is 5.33. The van der Waals surface area contributed by atoms with Crippen LogP contribution in [0.5, 0.6) is 0 Å². The number of carbonyl (C=O) groups excluding carboxylic acids is 1. The van der Waals surface area contributed by atoms with Crippen LogP contribution >= 0.6 is 0 Å². The Kier molecular flexibility index (Phi) is 5.60. The van der Waals surface area contributed by atoms with Crippen molar-refractivity contribution in [3.05, 3.63) is 59.7 Å². The molecule has 0 spiro atoms. The van der Waals surface area contributed by atoms with E-state index in [0.29, 0.717) is 18.9 Å². The van der Waals surface area contributed by atoms with Crippen molar-refractivity contribution in [2.24, 2.45) is 0 Å². The summed E-state index contributed by atoms with van der Waals surface area (Å²) in [6.07, 6.45) is 0. The number of rotatable bonds is 5. The van der Waals surface area contributed by atoms with Crippen LogP contribution in [0.1, 0.15) is 11.4 Å². The van der Waals surface area contributed by atoms with Crippen molar-refractivity contribution < 1.29 is 9.18 Å².